The zero-order valence-electron chi connectivity index (χ0n) is 12.5. The van der Waals surface area contributed by atoms with Gasteiger partial charge in [0.05, 0.1) is 12.2 Å². The standard InChI is InChI=1S/C16H22N4O/c1-14-18-8-11-19(14)12-13-21-16-5-3-2-4-15(16)20-9-6-17-7-10-20/h2-5,8,11,17H,6-7,9-10,12-13H2,1H3. The Morgan fingerprint density at radius 1 is 1.24 bits per heavy atom. The maximum atomic E-state index is 6.01. The van der Waals surface area contributed by atoms with Crippen LogP contribution in [0.15, 0.2) is 36.7 Å². The molecule has 1 N–H and O–H groups in total. The van der Waals surface area contributed by atoms with Gasteiger partial charge in [0.2, 0.25) is 0 Å². The molecule has 2 heterocycles. The fraction of sp³-hybridized carbons (Fsp3) is 0.438. The number of rotatable bonds is 5. The topological polar surface area (TPSA) is 42.3 Å². The Morgan fingerprint density at radius 3 is 2.81 bits per heavy atom. The largest absolute Gasteiger partial charge is 0.490 e. The number of nitrogens with zero attached hydrogens (tertiary/aromatic N) is 3. The molecule has 1 fully saturated rings. The quantitative estimate of drug-likeness (QED) is 0.908. The molecule has 1 aliphatic rings. The molecule has 0 unspecified atom stereocenters. The summed E-state index contributed by atoms with van der Waals surface area (Å²) in [7, 11) is 0. The van der Waals surface area contributed by atoms with Crippen LogP contribution in [0.1, 0.15) is 5.82 Å². The summed E-state index contributed by atoms with van der Waals surface area (Å²) >= 11 is 0. The molecule has 2 aromatic rings. The summed E-state index contributed by atoms with van der Waals surface area (Å²) in [6.07, 6.45) is 3.81. The predicted octanol–water partition coefficient (Wildman–Crippen LogP) is 1.68. The van der Waals surface area contributed by atoms with Crippen molar-refractivity contribution in [3.8, 4) is 5.75 Å². The van der Waals surface area contributed by atoms with Gasteiger partial charge in [-0.05, 0) is 19.1 Å². The van der Waals surface area contributed by atoms with Crippen molar-refractivity contribution in [1.82, 2.24) is 14.9 Å². The van der Waals surface area contributed by atoms with Gasteiger partial charge in [-0.1, -0.05) is 12.1 Å². The van der Waals surface area contributed by atoms with Crippen molar-refractivity contribution < 1.29 is 4.74 Å². The summed E-state index contributed by atoms with van der Waals surface area (Å²) < 4.78 is 8.11. The van der Waals surface area contributed by atoms with E-state index in [4.69, 9.17) is 4.74 Å². The lowest BCUT2D eigenvalue weighted by Crippen LogP contribution is -2.43. The molecule has 5 heteroatoms. The van der Waals surface area contributed by atoms with Gasteiger partial charge in [-0.25, -0.2) is 4.98 Å². The van der Waals surface area contributed by atoms with Crippen molar-refractivity contribution in [3.05, 3.63) is 42.5 Å². The molecule has 3 rings (SSSR count). The van der Waals surface area contributed by atoms with E-state index in [9.17, 15) is 0 Å². The summed E-state index contributed by atoms with van der Waals surface area (Å²) in [5, 5.41) is 3.38. The van der Waals surface area contributed by atoms with Gasteiger partial charge in [-0.2, -0.15) is 0 Å². The number of benzene rings is 1. The SMILES string of the molecule is Cc1nccn1CCOc1ccccc1N1CCNCC1. The molecular formula is C16H22N4O. The third-order valence-corrected chi connectivity index (χ3v) is 3.84. The van der Waals surface area contributed by atoms with Crippen LogP contribution in [0.5, 0.6) is 5.75 Å². The number of hydrogen-bond donors (Lipinski definition) is 1. The highest BCUT2D eigenvalue weighted by atomic mass is 16.5. The number of anilines is 1. The number of aryl methyl sites for hydroxylation is 1. The van der Waals surface area contributed by atoms with Gasteiger partial charge in [0.1, 0.15) is 18.2 Å². The molecule has 0 atom stereocenters. The van der Waals surface area contributed by atoms with E-state index >= 15 is 0 Å². The Labute approximate surface area is 125 Å². The summed E-state index contributed by atoms with van der Waals surface area (Å²) in [6, 6.07) is 8.30. The molecule has 0 aliphatic carbocycles. The number of para-hydroxylation sites is 2. The van der Waals surface area contributed by atoms with Crippen molar-refractivity contribution >= 4 is 5.69 Å². The highest BCUT2D eigenvalue weighted by Gasteiger charge is 2.14. The summed E-state index contributed by atoms with van der Waals surface area (Å²) in [5.41, 5.74) is 1.20. The van der Waals surface area contributed by atoms with E-state index in [1.165, 1.54) is 5.69 Å². The first-order valence-corrected chi connectivity index (χ1v) is 7.50. The number of hydrogen-bond acceptors (Lipinski definition) is 4. The van der Waals surface area contributed by atoms with Gasteiger partial charge in [0, 0.05) is 38.6 Å². The summed E-state index contributed by atoms with van der Waals surface area (Å²) in [5.74, 6) is 1.99. The van der Waals surface area contributed by atoms with E-state index in [2.05, 4.69) is 38.0 Å². The van der Waals surface area contributed by atoms with E-state index in [0.717, 1.165) is 44.3 Å². The summed E-state index contributed by atoms with van der Waals surface area (Å²) in [6.45, 7) is 7.60. The normalized spacial score (nSPS) is 15.2. The molecule has 0 spiro atoms. The lowest BCUT2D eigenvalue weighted by molar-refractivity contribution is 0.297. The minimum atomic E-state index is 0.653. The third kappa shape index (κ3) is 3.36. The summed E-state index contributed by atoms with van der Waals surface area (Å²) in [4.78, 5) is 6.61. The van der Waals surface area contributed by atoms with E-state index in [1.54, 1.807) is 0 Å². The van der Waals surface area contributed by atoms with Crippen LogP contribution >= 0.6 is 0 Å². The van der Waals surface area contributed by atoms with Crippen LogP contribution in [0, 0.1) is 6.92 Å². The van der Waals surface area contributed by atoms with Crippen LogP contribution in [0.25, 0.3) is 0 Å². The van der Waals surface area contributed by atoms with Gasteiger partial charge in [0.25, 0.3) is 0 Å². The smallest absolute Gasteiger partial charge is 0.142 e. The van der Waals surface area contributed by atoms with Crippen molar-refractivity contribution in [2.24, 2.45) is 0 Å². The lowest BCUT2D eigenvalue weighted by Gasteiger charge is -2.30. The first kappa shape index (κ1) is 13.9. The van der Waals surface area contributed by atoms with E-state index in [1.807, 2.05) is 25.4 Å². The van der Waals surface area contributed by atoms with Gasteiger partial charge in [0.15, 0.2) is 0 Å². The Balaban J connectivity index is 1.63. The molecule has 0 saturated carbocycles. The molecule has 1 aromatic carbocycles. The molecule has 21 heavy (non-hydrogen) atoms. The average Bonchev–Trinajstić information content (AvgIpc) is 2.94. The molecule has 112 valence electrons. The second-order valence-electron chi connectivity index (χ2n) is 5.22. The maximum absolute atomic E-state index is 6.01. The first-order valence-electron chi connectivity index (χ1n) is 7.50. The van der Waals surface area contributed by atoms with Crippen LogP contribution in [0.4, 0.5) is 5.69 Å². The number of piperazine rings is 1. The van der Waals surface area contributed by atoms with Crippen LogP contribution < -0.4 is 15.0 Å². The molecule has 0 amide bonds. The molecule has 1 aromatic heterocycles. The average molecular weight is 286 g/mol. The van der Waals surface area contributed by atoms with Crippen molar-refractivity contribution in [1.29, 1.82) is 0 Å². The van der Waals surface area contributed by atoms with Crippen molar-refractivity contribution in [2.45, 2.75) is 13.5 Å². The first-order chi connectivity index (χ1) is 10.3. The fourth-order valence-corrected chi connectivity index (χ4v) is 2.64. The molecule has 1 aliphatic heterocycles. The minimum Gasteiger partial charge on any atom is -0.490 e. The fourth-order valence-electron chi connectivity index (χ4n) is 2.64. The van der Waals surface area contributed by atoms with Gasteiger partial charge < -0.3 is 19.5 Å². The zero-order valence-corrected chi connectivity index (χ0v) is 12.5. The van der Waals surface area contributed by atoms with Gasteiger partial charge >= 0.3 is 0 Å². The Bertz CT molecular complexity index is 575. The second kappa shape index (κ2) is 6.63. The Morgan fingerprint density at radius 2 is 2.05 bits per heavy atom. The van der Waals surface area contributed by atoms with E-state index in [0.29, 0.717) is 6.61 Å². The van der Waals surface area contributed by atoms with Gasteiger partial charge in [-0.3, -0.25) is 0 Å². The van der Waals surface area contributed by atoms with Crippen LogP contribution in [-0.2, 0) is 6.54 Å². The Kier molecular flexibility index (Phi) is 4.40. The zero-order chi connectivity index (χ0) is 14.5. The molecular weight excluding hydrogens is 264 g/mol. The molecule has 1 saturated heterocycles. The van der Waals surface area contributed by atoms with Crippen molar-refractivity contribution in [2.75, 3.05) is 37.7 Å². The molecule has 5 nitrogen and oxygen atoms in total. The lowest BCUT2D eigenvalue weighted by atomic mass is 10.2. The Hall–Kier alpha value is -2.01. The highest BCUT2D eigenvalue weighted by Crippen LogP contribution is 2.28. The predicted molar refractivity (Wildman–Crippen MR) is 84.0 cm³/mol. The van der Waals surface area contributed by atoms with Crippen LogP contribution in [-0.4, -0.2) is 42.3 Å². The third-order valence-electron chi connectivity index (χ3n) is 3.84. The monoisotopic (exact) mass is 286 g/mol. The highest BCUT2D eigenvalue weighted by molar-refractivity contribution is 5.58. The van der Waals surface area contributed by atoms with Crippen LogP contribution in [0.2, 0.25) is 0 Å². The van der Waals surface area contributed by atoms with Crippen molar-refractivity contribution in [3.63, 3.8) is 0 Å². The minimum absolute atomic E-state index is 0.653. The number of ether oxygens (including phenoxy) is 1. The number of nitrogens with one attached hydrogen (secondary N) is 1. The molecule has 0 bridgehead atoms. The van der Waals surface area contributed by atoms with E-state index in [-0.39, 0.29) is 0 Å². The number of aromatic nitrogens is 2. The van der Waals surface area contributed by atoms with E-state index < -0.39 is 0 Å². The van der Waals surface area contributed by atoms with Gasteiger partial charge in [-0.15, -0.1) is 0 Å². The second-order valence-corrected chi connectivity index (χ2v) is 5.22. The van der Waals surface area contributed by atoms with Crippen LogP contribution in [0.3, 0.4) is 0 Å². The maximum Gasteiger partial charge on any atom is 0.142 e. The number of imidazole rings is 1. The molecule has 0 radical (unpaired) electrons.